The molecule has 1 aliphatic heterocycles. The molecule has 2 aromatic carbocycles. The lowest BCUT2D eigenvalue weighted by Crippen LogP contribution is -2.67. The Balaban J connectivity index is 1.47. The first-order valence-electron chi connectivity index (χ1n) is 13.4. The summed E-state index contributed by atoms with van der Waals surface area (Å²) in [6.45, 7) is 12.4. The number of piperazine rings is 1. The molecule has 0 unspecified atom stereocenters. The first kappa shape index (κ1) is 30.3. The number of nitrogens with zero attached hydrogens (tertiary/aromatic N) is 4. The van der Waals surface area contributed by atoms with Crippen molar-refractivity contribution >= 4 is 33.3 Å². The summed E-state index contributed by atoms with van der Waals surface area (Å²) in [5.41, 5.74) is 2.34. The highest BCUT2D eigenvalue weighted by Gasteiger charge is 2.48. The molecule has 2 N–H and O–H groups in total. The molecule has 1 atom stereocenters. The Bertz CT molecular complexity index is 1510. The minimum absolute atomic E-state index is 0.0455. The Morgan fingerprint density at radius 1 is 1.12 bits per heavy atom. The lowest BCUT2D eigenvalue weighted by atomic mass is 9.72. The van der Waals surface area contributed by atoms with Crippen molar-refractivity contribution in [3.63, 3.8) is 0 Å². The van der Waals surface area contributed by atoms with Gasteiger partial charge in [0.1, 0.15) is 16.5 Å². The summed E-state index contributed by atoms with van der Waals surface area (Å²) in [7, 11) is -2.36. The molecule has 1 amide bonds. The third-order valence-corrected chi connectivity index (χ3v) is 9.98. The molecule has 0 saturated carbocycles. The maximum Gasteiger partial charge on any atom is 0.407 e. The van der Waals surface area contributed by atoms with Gasteiger partial charge in [0.25, 0.3) is 10.0 Å². The van der Waals surface area contributed by atoms with Gasteiger partial charge < -0.3 is 10.4 Å². The predicted molar refractivity (Wildman–Crippen MR) is 159 cm³/mol. The topological polar surface area (TPSA) is 106 Å². The number of nitrogens with one attached hydrogen (secondary N) is 1. The number of hydrogen-bond donors (Lipinski definition) is 2. The number of pyridine rings is 1. The fourth-order valence-corrected chi connectivity index (χ4v) is 6.18. The van der Waals surface area contributed by atoms with Gasteiger partial charge in [0.15, 0.2) is 0 Å². The van der Waals surface area contributed by atoms with Crippen LogP contribution in [-0.2, 0) is 16.6 Å². The van der Waals surface area contributed by atoms with Gasteiger partial charge in [0.05, 0.1) is 11.2 Å². The van der Waals surface area contributed by atoms with Crippen LogP contribution in [0.1, 0.15) is 38.8 Å². The van der Waals surface area contributed by atoms with Gasteiger partial charge in [-0.1, -0.05) is 26.8 Å². The van der Waals surface area contributed by atoms with E-state index in [1.807, 2.05) is 26.0 Å². The summed E-state index contributed by atoms with van der Waals surface area (Å²) in [5.74, 6) is 0.0866. The second kappa shape index (κ2) is 11.3. The van der Waals surface area contributed by atoms with Crippen molar-refractivity contribution in [1.82, 2.24) is 14.8 Å². The number of rotatable bonds is 7. The number of anilines is 3. The smallest absolute Gasteiger partial charge is 0.407 e. The number of amides is 1. The van der Waals surface area contributed by atoms with E-state index in [1.54, 1.807) is 29.2 Å². The van der Waals surface area contributed by atoms with Crippen molar-refractivity contribution in [1.29, 1.82) is 0 Å². The van der Waals surface area contributed by atoms with Gasteiger partial charge in [-0.05, 0) is 78.9 Å². The molecule has 1 saturated heterocycles. The summed E-state index contributed by atoms with van der Waals surface area (Å²) in [6.07, 6.45) is 0.392. The molecule has 1 aliphatic rings. The largest absolute Gasteiger partial charge is 0.465 e. The molecular weight excluding hydrogens is 545 g/mol. The van der Waals surface area contributed by atoms with Crippen molar-refractivity contribution in [2.75, 3.05) is 36.3 Å². The highest BCUT2D eigenvalue weighted by molar-refractivity contribution is 7.92. The van der Waals surface area contributed by atoms with Crippen LogP contribution in [0.2, 0.25) is 0 Å². The average molecular weight is 584 g/mol. The molecule has 3 aromatic rings. The quantitative estimate of drug-likeness (QED) is 0.368. The molecule has 1 fully saturated rings. The van der Waals surface area contributed by atoms with Crippen molar-refractivity contribution in [3.05, 3.63) is 77.7 Å². The van der Waals surface area contributed by atoms with Gasteiger partial charge in [0.2, 0.25) is 0 Å². The van der Waals surface area contributed by atoms with Gasteiger partial charge >= 0.3 is 6.09 Å². The number of aryl methyl sites for hydroxylation is 1. The zero-order chi connectivity index (χ0) is 30.2. The van der Waals surface area contributed by atoms with Crippen LogP contribution in [0.3, 0.4) is 0 Å². The third-order valence-electron chi connectivity index (χ3n) is 8.21. The van der Waals surface area contributed by atoms with Gasteiger partial charge in [-0.15, -0.1) is 0 Å². The average Bonchev–Trinajstić information content (AvgIpc) is 2.90. The fourth-order valence-electron chi connectivity index (χ4n) is 5.05. The van der Waals surface area contributed by atoms with Crippen molar-refractivity contribution in [2.45, 2.75) is 51.6 Å². The Morgan fingerprint density at radius 2 is 1.80 bits per heavy atom. The molecule has 11 heteroatoms. The zero-order valence-corrected chi connectivity index (χ0v) is 25.2. The van der Waals surface area contributed by atoms with Crippen LogP contribution in [0.15, 0.2) is 65.7 Å². The molecule has 4 rings (SSSR count). The summed E-state index contributed by atoms with van der Waals surface area (Å²) in [4.78, 5) is 20.0. The van der Waals surface area contributed by atoms with Gasteiger partial charge in [-0.25, -0.2) is 22.6 Å². The van der Waals surface area contributed by atoms with E-state index in [4.69, 9.17) is 0 Å². The molecule has 0 radical (unpaired) electrons. The van der Waals surface area contributed by atoms with E-state index in [0.29, 0.717) is 43.4 Å². The number of hydrogen-bond acceptors (Lipinski definition) is 6. The van der Waals surface area contributed by atoms with E-state index in [9.17, 15) is 22.7 Å². The fraction of sp³-hybridized carbons (Fsp3) is 0.400. The normalized spacial score (nSPS) is 18.3. The van der Waals surface area contributed by atoms with Crippen LogP contribution in [-0.4, -0.2) is 66.6 Å². The minimum Gasteiger partial charge on any atom is -0.465 e. The van der Waals surface area contributed by atoms with Crippen LogP contribution >= 0.6 is 0 Å². The molecule has 0 spiro atoms. The van der Waals surface area contributed by atoms with Crippen LogP contribution < -0.4 is 9.62 Å². The molecule has 2 heterocycles. The van der Waals surface area contributed by atoms with Crippen molar-refractivity contribution in [2.24, 2.45) is 5.41 Å². The van der Waals surface area contributed by atoms with Gasteiger partial charge in [0, 0.05) is 45.1 Å². The number of sulfonamides is 1. The number of aromatic nitrogens is 1. The Kier molecular flexibility index (Phi) is 8.33. The maximum atomic E-state index is 13.4. The number of carbonyl (C=O) groups is 1. The highest BCUT2D eigenvalue weighted by Crippen LogP contribution is 2.39. The molecular formula is C30H38FN5O4S. The summed E-state index contributed by atoms with van der Waals surface area (Å²) < 4.78 is 41.1. The van der Waals surface area contributed by atoms with E-state index in [-0.39, 0.29) is 16.1 Å². The molecule has 9 nitrogen and oxygen atoms in total. The lowest BCUT2D eigenvalue weighted by molar-refractivity contribution is -0.0462. The molecule has 0 aliphatic carbocycles. The zero-order valence-electron chi connectivity index (χ0n) is 24.3. The van der Waals surface area contributed by atoms with Crippen LogP contribution in [0.4, 0.5) is 26.4 Å². The van der Waals surface area contributed by atoms with Crippen LogP contribution in [0, 0.1) is 18.2 Å². The number of carboxylic acid groups (broad SMARTS) is 1. The summed E-state index contributed by atoms with van der Waals surface area (Å²) in [5, 5.41) is 12.8. The Labute approximate surface area is 241 Å². The second-order valence-electron chi connectivity index (χ2n) is 11.8. The molecule has 1 aromatic heterocycles. The van der Waals surface area contributed by atoms with Gasteiger partial charge in [-0.2, -0.15) is 0 Å². The highest BCUT2D eigenvalue weighted by atomic mass is 32.2. The Morgan fingerprint density at radius 3 is 2.37 bits per heavy atom. The summed E-state index contributed by atoms with van der Waals surface area (Å²) >= 11 is 0. The van der Waals surface area contributed by atoms with E-state index < -0.39 is 21.7 Å². The second-order valence-corrected chi connectivity index (χ2v) is 13.7. The monoisotopic (exact) mass is 583 g/mol. The van der Waals surface area contributed by atoms with E-state index in [0.717, 1.165) is 11.1 Å². The standard InChI is InChI=1S/C30H38FN5O4S/c1-21-17-25(12-7-22(21)19-35-15-16-36(28(37)38)30(5,20-35)29(2,3)4)34(6)41(39,40)26-13-14-27(32-18-26)33-24-10-8-23(31)9-11-24/h7-14,17-18H,15-16,19-20H2,1-6H3,(H,32,33)(H,37,38)/t30-/m1/s1. The molecule has 220 valence electrons. The third kappa shape index (κ3) is 6.31. The van der Waals surface area contributed by atoms with Crippen molar-refractivity contribution < 1.29 is 22.7 Å². The van der Waals surface area contributed by atoms with Crippen molar-refractivity contribution in [3.8, 4) is 0 Å². The first-order chi connectivity index (χ1) is 19.1. The first-order valence-corrected chi connectivity index (χ1v) is 14.9. The van der Waals surface area contributed by atoms with Gasteiger partial charge in [-0.3, -0.25) is 14.1 Å². The van der Waals surface area contributed by atoms with Crippen LogP contribution in [0.5, 0.6) is 0 Å². The van der Waals surface area contributed by atoms with E-state index >= 15 is 0 Å². The predicted octanol–water partition coefficient (Wildman–Crippen LogP) is 5.70. The Hall–Kier alpha value is -3.70. The molecule has 0 bridgehead atoms. The SMILES string of the molecule is Cc1cc(N(C)S(=O)(=O)c2ccc(Nc3ccc(F)cc3)nc2)ccc1CN1CCN(C(=O)O)[C@@](C)(C(C)(C)C)C1. The molecule has 41 heavy (non-hydrogen) atoms. The number of benzene rings is 2. The van der Waals surface area contributed by atoms with Crippen LogP contribution in [0.25, 0.3) is 0 Å². The maximum absolute atomic E-state index is 13.4. The van der Waals surface area contributed by atoms with E-state index in [1.165, 1.54) is 35.7 Å². The minimum atomic E-state index is -3.87. The number of halogens is 1. The lowest BCUT2D eigenvalue weighted by Gasteiger charge is -2.54. The summed E-state index contributed by atoms with van der Waals surface area (Å²) in [6, 6.07) is 14.4. The van der Waals surface area contributed by atoms with E-state index in [2.05, 4.69) is 36.0 Å².